The maximum Gasteiger partial charge on any atom is 0.208 e. The average molecular weight is 288 g/mol. The molecule has 3 rings (SSSR count). The Bertz CT molecular complexity index is 774. The third-order valence-corrected chi connectivity index (χ3v) is 4.42. The summed E-state index contributed by atoms with van der Waals surface area (Å²) in [6, 6.07) is 15.0. The smallest absolute Gasteiger partial charge is 0.208 e. The Morgan fingerprint density at radius 1 is 0.955 bits per heavy atom. The van der Waals surface area contributed by atoms with E-state index in [0.29, 0.717) is 0 Å². The molecule has 0 atom stereocenters. The van der Waals surface area contributed by atoms with Crippen molar-refractivity contribution in [3.05, 3.63) is 77.4 Å². The van der Waals surface area contributed by atoms with Gasteiger partial charge in [0.2, 0.25) is 5.69 Å². The molecular formula is C21H22N+. The van der Waals surface area contributed by atoms with Crippen molar-refractivity contribution in [3.63, 3.8) is 0 Å². The lowest BCUT2D eigenvalue weighted by Crippen LogP contribution is -2.65. The van der Waals surface area contributed by atoms with Crippen molar-refractivity contribution in [2.24, 2.45) is 0 Å². The predicted molar refractivity (Wildman–Crippen MR) is 95.4 cm³/mol. The highest BCUT2D eigenvalue weighted by Gasteiger charge is 2.39. The SMILES string of the molecule is C=Cc1ccc2c(c1)C(C)(C)C(/C=C/c1ccc(C)cc1)=[NH+]2. The van der Waals surface area contributed by atoms with Crippen LogP contribution in [-0.2, 0) is 5.41 Å². The van der Waals surface area contributed by atoms with Crippen LogP contribution in [0.3, 0.4) is 0 Å². The van der Waals surface area contributed by atoms with Crippen molar-refractivity contribution in [3.8, 4) is 0 Å². The maximum atomic E-state index is 3.87. The first kappa shape index (κ1) is 14.5. The number of allylic oxidation sites excluding steroid dienone is 1. The molecule has 0 aliphatic carbocycles. The number of aryl methyl sites for hydroxylation is 1. The van der Waals surface area contributed by atoms with E-state index in [1.807, 2.05) is 6.08 Å². The molecule has 0 spiro atoms. The van der Waals surface area contributed by atoms with E-state index in [4.69, 9.17) is 0 Å². The molecule has 1 aliphatic heterocycles. The zero-order chi connectivity index (χ0) is 15.7. The Balaban J connectivity index is 1.93. The van der Waals surface area contributed by atoms with E-state index in [1.165, 1.54) is 28.1 Å². The molecule has 22 heavy (non-hydrogen) atoms. The van der Waals surface area contributed by atoms with E-state index in [0.717, 1.165) is 5.56 Å². The van der Waals surface area contributed by atoms with Gasteiger partial charge >= 0.3 is 0 Å². The van der Waals surface area contributed by atoms with Crippen LogP contribution in [0.15, 0.2) is 55.1 Å². The minimum Gasteiger partial charge on any atom is -0.208 e. The van der Waals surface area contributed by atoms with Crippen LogP contribution in [0, 0.1) is 6.92 Å². The fraction of sp³-hybridized carbons (Fsp3) is 0.190. The topological polar surface area (TPSA) is 14.0 Å². The Morgan fingerprint density at radius 3 is 2.32 bits per heavy atom. The summed E-state index contributed by atoms with van der Waals surface area (Å²) in [6.07, 6.45) is 6.26. The summed E-state index contributed by atoms with van der Waals surface area (Å²) in [5.74, 6) is 0. The van der Waals surface area contributed by atoms with Gasteiger partial charge in [-0.15, -0.1) is 0 Å². The Morgan fingerprint density at radius 2 is 1.64 bits per heavy atom. The van der Waals surface area contributed by atoms with Crippen LogP contribution in [0.5, 0.6) is 0 Å². The Kier molecular flexibility index (Phi) is 3.58. The van der Waals surface area contributed by atoms with Gasteiger partial charge in [0.15, 0.2) is 5.71 Å². The van der Waals surface area contributed by atoms with Crippen molar-refractivity contribution in [1.29, 1.82) is 0 Å². The van der Waals surface area contributed by atoms with Gasteiger partial charge in [0.1, 0.15) is 0 Å². The molecule has 1 aliphatic rings. The molecular weight excluding hydrogens is 266 g/mol. The summed E-state index contributed by atoms with van der Waals surface area (Å²) in [6.45, 7) is 10.5. The van der Waals surface area contributed by atoms with E-state index in [9.17, 15) is 0 Å². The van der Waals surface area contributed by atoms with Crippen LogP contribution >= 0.6 is 0 Å². The minimum atomic E-state index is -0.0183. The monoisotopic (exact) mass is 288 g/mol. The first-order valence-corrected chi connectivity index (χ1v) is 7.67. The van der Waals surface area contributed by atoms with Crippen LogP contribution in [0.2, 0.25) is 0 Å². The summed E-state index contributed by atoms with van der Waals surface area (Å²) in [5.41, 5.74) is 7.40. The van der Waals surface area contributed by atoms with Crippen LogP contribution in [0.25, 0.3) is 12.2 Å². The molecule has 1 nitrogen and oxygen atoms in total. The maximum absolute atomic E-state index is 3.87. The van der Waals surface area contributed by atoms with Crippen molar-refractivity contribution >= 4 is 23.6 Å². The molecule has 110 valence electrons. The molecule has 0 radical (unpaired) electrons. The molecule has 2 aromatic rings. The van der Waals surface area contributed by atoms with E-state index in [-0.39, 0.29) is 5.41 Å². The Hall–Kier alpha value is -2.41. The average Bonchev–Trinajstić information content (AvgIpc) is 2.77. The van der Waals surface area contributed by atoms with Crippen molar-refractivity contribution in [2.45, 2.75) is 26.2 Å². The molecule has 0 unspecified atom stereocenters. The summed E-state index contributed by atoms with van der Waals surface area (Å²) in [4.78, 5) is 3.55. The highest BCUT2D eigenvalue weighted by atomic mass is 14.8. The molecule has 1 N–H and O–H groups in total. The molecule has 0 bridgehead atoms. The van der Waals surface area contributed by atoms with Gasteiger partial charge in [0.05, 0.1) is 5.41 Å². The largest absolute Gasteiger partial charge is 0.208 e. The third-order valence-electron chi connectivity index (χ3n) is 4.42. The van der Waals surface area contributed by atoms with Crippen molar-refractivity contribution < 1.29 is 4.99 Å². The van der Waals surface area contributed by atoms with Crippen LogP contribution in [0.4, 0.5) is 5.69 Å². The van der Waals surface area contributed by atoms with Gasteiger partial charge in [-0.25, -0.2) is 4.99 Å². The minimum absolute atomic E-state index is 0.0183. The fourth-order valence-corrected chi connectivity index (χ4v) is 2.87. The number of nitrogens with one attached hydrogen (secondary N) is 1. The van der Waals surface area contributed by atoms with Crippen molar-refractivity contribution in [2.75, 3.05) is 0 Å². The summed E-state index contributed by atoms with van der Waals surface area (Å²) >= 11 is 0. The van der Waals surface area contributed by atoms with Gasteiger partial charge in [-0.05, 0) is 50.1 Å². The second-order valence-corrected chi connectivity index (χ2v) is 6.42. The lowest BCUT2D eigenvalue weighted by molar-refractivity contribution is -0.349. The molecule has 0 fully saturated rings. The molecule has 1 heterocycles. The second kappa shape index (κ2) is 5.42. The number of fused-ring (bicyclic) bond motifs is 1. The van der Waals surface area contributed by atoms with Crippen LogP contribution in [-0.4, -0.2) is 5.71 Å². The normalized spacial score (nSPS) is 15.7. The van der Waals surface area contributed by atoms with Crippen LogP contribution < -0.4 is 4.99 Å². The summed E-state index contributed by atoms with van der Waals surface area (Å²) < 4.78 is 0. The highest BCUT2D eigenvalue weighted by molar-refractivity contribution is 6.04. The predicted octanol–water partition coefficient (Wildman–Crippen LogP) is 3.80. The van der Waals surface area contributed by atoms with E-state index >= 15 is 0 Å². The zero-order valence-electron chi connectivity index (χ0n) is 13.5. The lowest BCUT2D eigenvalue weighted by atomic mass is 9.80. The van der Waals surface area contributed by atoms with Crippen molar-refractivity contribution in [1.82, 2.24) is 0 Å². The molecule has 2 aromatic carbocycles. The number of hydrogen-bond acceptors (Lipinski definition) is 0. The second-order valence-electron chi connectivity index (χ2n) is 6.42. The quantitative estimate of drug-likeness (QED) is 0.883. The van der Waals surface area contributed by atoms with E-state index in [2.05, 4.69) is 87.0 Å². The van der Waals surface area contributed by atoms with Gasteiger partial charge in [0.25, 0.3) is 0 Å². The standard InChI is InChI=1S/C21H21N/c1-5-16-10-12-19-18(14-16)21(3,4)20(22-19)13-11-17-8-6-15(2)7-9-17/h5-14H,1H2,2-4H3/p+1/b13-11+. The molecule has 0 saturated heterocycles. The van der Waals surface area contributed by atoms with Gasteiger partial charge in [-0.2, -0.15) is 0 Å². The highest BCUT2D eigenvalue weighted by Crippen LogP contribution is 2.33. The van der Waals surface area contributed by atoms with Gasteiger partial charge in [-0.1, -0.05) is 42.5 Å². The number of rotatable bonds is 3. The summed E-state index contributed by atoms with van der Waals surface area (Å²) in [5, 5.41) is 0. The Labute approximate surface area is 132 Å². The summed E-state index contributed by atoms with van der Waals surface area (Å²) in [7, 11) is 0. The van der Waals surface area contributed by atoms with E-state index in [1.54, 1.807) is 0 Å². The molecule has 0 saturated carbocycles. The van der Waals surface area contributed by atoms with Gasteiger partial charge < -0.3 is 0 Å². The fourth-order valence-electron chi connectivity index (χ4n) is 2.87. The van der Waals surface area contributed by atoms with Crippen LogP contribution in [0.1, 0.15) is 36.1 Å². The van der Waals surface area contributed by atoms with Gasteiger partial charge in [0, 0.05) is 17.7 Å². The molecule has 0 aromatic heterocycles. The zero-order valence-corrected chi connectivity index (χ0v) is 13.5. The van der Waals surface area contributed by atoms with Gasteiger partial charge in [-0.3, -0.25) is 0 Å². The number of benzene rings is 2. The lowest BCUT2D eigenvalue weighted by Gasteiger charge is -2.15. The molecule has 0 amide bonds. The molecule has 1 heteroatoms. The first-order chi connectivity index (χ1) is 10.5. The number of hydrogen-bond donors (Lipinski definition) is 1. The third kappa shape index (κ3) is 2.55. The van der Waals surface area contributed by atoms with E-state index < -0.39 is 0 Å². The first-order valence-electron chi connectivity index (χ1n) is 7.67.